The summed E-state index contributed by atoms with van der Waals surface area (Å²) in [6, 6.07) is 9.11. The van der Waals surface area contributed by atoms with Crippen LogP contribution in [-0.4, -0.2) is 40.4 Å². The highest BCUT2D eigenvalue weighted by Crippen LogP contribution is 2.39. The van der Waals surface area contributed by atoms with Crippen LogP contribution in [0.25, 0.3) is 11.3 Å². The second-order valence-electron chi connectivity index (χ2n) is 6.82. The van der Waals surface area contributed by atoms with Crippen LogP contribution < -0.4 is 15.4 Å². The number of benzene rings is 1. The fourth-order valence-corrected chi connectivity index (χ4v) is 3.41. The standard InChI is InChI=1S/C20H20FN7O/c1-29-17-8-13(20(21)4-6-23-7-5-20)2-3-15(17)16-9-18(28-27-16)26-19-12-24-14(10-22)11-25-19/h2-3,8-9,11-12,23H,4-7H2,1H3,(H2,25,26,27,28). The lowest BCUT2D eigenvalue weighted by Crippen LogP contribution is -2.36. The Balaban J connectivity index is 1.57. The van der Waals surface area contributed by atoms with Gasteiger partial charge in [0.25, 0.3) is 0 Å². The number of aromatic nitrogens is 4. The van der Waals surface area contributed by atoms with Gasteiger partial charge in [-0.1, -0.05) is 6.07 Å². The zero-order valence-electron chi connectivity index (χ0n) is 15.9. The molecule has 0 amide bonds. The van der Waals surface area contributed by atoms with Gasteiger partial charge in [0.2, 0.25) is 0 Å². The van der Waals surface area contributed by atoms with Crippen LogP contribution in [0.1, 0.15) is 24.1 Å². The van der Waals surface area contributed by atoms with E-state index in [0.29, 0.717) is 54.6 Å². The van der Waals surface area contributed by atoms with E-state index in [4.69, 9.17) is 10.00 Å². The van der Waals surface area contributed by atoms with Crippen molar-refractivity contribution in [3.8, 4) is 23.1 Å². The predicted molar refractivity (Wildman–Crippen MR) is 105 cm³/mol. The van der Waals surface area contributed by atoms with Crippen LogP contribution in [0.2, 0.25) is 0 Å². The summed E-state index contributed by atoms with van der Waals surface area (Å²) in [5.74, 6) is 1.64. The number of methoxy groups -OCH3 is 1. The van der Waals surface area contributed by atoms with E-state index in [1.165, 1.54) is 12.4 Å². The molecular weight excluding hydrogens is 373 g/mol. The first-order chi connectivity index (χ1) is 14.1. The molecule has 1 aliphatic rings. The summed E-state index contributed by atoms with van der Waals surface area (Å²) in [6.07, 6.45) is 3.73. The zero-order valence-corrected chi connectivity index (χ0v) is 15.9. The molecule has 0 bridgehead atoms. The average Bonchev–Trinajstić information content (AvgIpc) is 3.22. The van der Waals surface area contributed by atoms with Crippen LogP contribution in [0, 0.1) is 11.3 Å². The van der Waals surface area contributed by atoms with Gasteiger partial charge in [-0.15, -0.1) is 0 Å². The molecule has 1 aromatic carbocycles. The number of piperidine rings is 1. The third-order valence-corrected chi connectivity index (χ3v) is 5.00. The van der Waals surface area contributed by atoms with Gasteiger partial charge >= 0.3 is 0 Å². The van der Waals surface area contributed by atoms with Crippen LogP contribution in [0.4, 0.5) is 16.0 Å². The minimum Gasteiger partial charge on any atom is -0.496 e. The maximum absolute atomic E-state index is 15.3. The molecule has 4 rings (SSSR count). The molecule has 0 radical (unpaired) electrons. The number of hydrogen-bond acceptors (Lipinski definition) is 7. The number of nitrogens with zero attached hydrogens (tertiary/aromatic N) is 4. The normalized spacial score (nSPS) is 15.5. The molecule has 9 heteroatoms. The summed E-state index contributed by atoms with van der Waals surface area (Å²) in [7, 11) is 1.56. The van der Waals surface area contributed by atoms with Crippen molar-refractivity contribution in [1.29, 1.82) is 5.26 Å². The van der Waals surface area contributed by atoms with E-state index < -0.39 is 5.67 Å². The smallest absolute Gasteiger partial charge is 0.158 e. The Morgan fingerprint density at radius 1 is 1.21 bits per heavy atom. The highest BCUT2D eigenvalue weighted by atomic mass is 19.1. The second-order valence-corrected chi connectivity index (χ2v) is 6.82. The molecule has 29 heavy (non-hydrogen) atoms. The predicted octanol–water partition coefficient (Wildman–Crippen LogP) is 3.04. The molecule has 0 unspecified atom stereocenters. The molecule has 148 valence electrons. The van der Waals surface area contributed by atoms with Crippen LogP contribution in [0.15, 0.2) is 36.7 Å². The molecule has 1 saturated heterocycles. The van der Waals surface area contributed by atoms with Crippen molar-refractivity contribution in [2.75, 3.05) is 25.5 Å². The quantitative estimate of drug-likeness (QED) is 0.611. The largest absolute Gasteiger partial charge is 0.496 e. The lowest BCUT2D eigenvalue weighted by Gasteiger charge is -2.30. The Kier molecular flexibility index (Phi) is 5.10. The van der Waals surface area contributed by atoms with E-state index in [9.17, 15) is 0 Å². The second kappa shape index (κ2) is 7.85. The van der Waals surface area contributed by atoms with Crippen LogP contribution >= 0.6 is 0 Å². The molecule has 1 aliphatic heterocycles. The molecule has 1 fully saturated rings. The first-order valence-electron chi connectivity index (χ1n) is 9.24. The lowest BCUT2D eigenvalue weighted by atomic mass is 9.86. The number of nitrogens with one attached hydrogen (secondary N) is 3. The number of hydrogen-bond donors (Lipinski definition) is 3. The van der Waals surface area contributed by atoms with Gasteiger partial charge in [-0.3, -0.25) is 5.10 Å². The number of anilines is 2. The third-order valence-electron chi connectivity index (χ3n) is 5.00. The highest BCUT2D eigenvalue weighted by molar-refractivity contribution is 5.71. The van der Waals surface area contributed by atoms with Crippen molar-refractivity contribution in [3.63, 3.8) is 0 Å². The van der Waals surface area contributed by atoms with E-state index in [2.05, 4.69) is 30.8 Å². The molecule has 0 saturated carbocycles. The topological polar surface area (TPSA) is 112 Å². The van der Waals surface area contributed by atoms with E-state index in [0.717, 1.165) is 5.56 Å². The van der Waals surface area contributed by atoms with Gasteiger partial charge in [0.1, 0.15) is 29.1 Å². The Morgan fingerprint density at radius 3 is 2.72 bits per heavy atom. The molecule has 0 atom stereocenters. The summed E-state index contributed by atoms with van der Waals surface area (Å²) in [5, 5.41) is 22.2. The van der Waals surface area contributed by atoms with E-state index >= 15 is 4.39 Å². The molecular formula is C20H20FN7O. The van der Waals surface area contributed by atoms with Gasteiger partial charge in [0.15, 0.2) is 5.69 Å². The summed E-state index contributed by atoms with van der Waals surface area (Å²) in [4.78, 5) is 8.08. The van der Waals surface area contributed by atoms with Crippen LogP contribution in [-0.2, 0) is 5.67 Å². The maximum Gasteiger partial charge on any atom is 0.158 e. The van der Waals surface area contributed by atoms with Crippen LogP contribution in [0.3, 0.4) is 0 Å². The fraction of sp³-hybridized carbons (Fsp3) is 0.300. The summed E-state index contributed by atoms with van der Waals surface area (Å²) >= 11 is 0. The fourth-order valence-electron chi connectivity index (χ4n) is 3.41. The van der Waals surface area contributed by atoms with E-state index in [1.807, 2.05) is 12.1 Å². The van der Waals surface area contributed by atoms with Crippen molar-refractivity contribution in [2.24, 2.45) is 0 Å². The molecule has 2 aromatic heterocycles. The van der Waals surface area contributed by atoms with Crippen molar-refractivity contribution >= 4 is 11.6 Å². The van der Waals surface area contributed by atoms with Gasteiger partial charge in [-0.05, 0) is 43.6 Å². The zero-order chi connectivity index (χ0) is 20.3. The van der Waals surface area contributed by atoms with Gasteiger partial charge in [0, 0.05) is 11.6 Å². The molecule has 3 N–H and O–H groups in total. The average molecular weight is 393 g/mol. The molecule has 0 spiro atoms. The molecule has 8 nitrogen and oxygen atoms in total. The first kappa shape index (κ1) is 18.8. The summed E-state index contributed by atoms with van der Waals surface area (Å²) < 4.78 is 20.8. The summed E-state index contributed by atoms with van der Waals surface area (Å²) in [6.45, 7) is 1.32. The highest BCUT2D eigenvalue weighted by Gasteiger charge is 2.34. The lowest BCUT2D eigenvalue weighted by molar-refractivity contribution is 0.115. The number of ether oxygens (including phenoxy) is 1. The van der Waals surface area contributed by atoms with Gasteiger partial charge in [-0.2, -0.15) is 10.4 Å². The van der Waals surface area contributed by atoms with Crippen molar-refractivity contribution in [1.82, 2.24) is 25.5 Å². The number of aromatic amines is 1. The Hall–Kier alpha value is -3.51. The van der Waals surface area contributed by atoms with Gasteiger partial charge in [0.05, 0.1) is 25.2 Å². The third kappa shape index (κ3) is 3.88. The van der Waals surface area contributed by atoms with Crippen molar-refractivity contribution < 1.29 is 9.13 Å². The van der Waals surface area contributed by atoms with Gasteiger partial charge in [-0.25, -0.2) is 14.4 Å². The number of rotatable bonds is 5. The molecule has 3 aromatic rings. The monoisotopic (exact) mass is 393 g/mol. The van der Waals surface area contributed by atoms with Crippen molar-refractivity contribution in [2.45, 2.75) is 18.5 Å². The van der Waals surface area contributed by atoms with E-state index in [1.54, 1.807) is 25.3 Å². The molecule has 0 aliphatic carbocycles. The SMILES string of the molecule is COc1cc(C2(F)CCNCC2)ccc1-c1cc(Nc2cnc(C#N)cn2)[nH]n1. The summed E-state index contributed by atoms with van der Waals surface area (Å²) in [5.41, 5.74) is 0.926. The number of nitriles is 1. The first-order valence-corrected chi connectivity index (χ1v) is 9.24. The Bertz CT molecular complexity index is 1040. The minimum absolute atomic E-state index is 0.241. The van der Waals surface area contributed by atoms with Crippen molar-refractivity contribution in [3.05, 3.63) is 47.9 Å². The Morgan fingerprint density at radius 2 is 2.03 bits per heavy atom. The van der Waals surface area contributed by atoms with Crippen LogP contribution in [0.5, 0.6) is 5.75 Å². The number of halogens is 1. The number of H-pyrrole nitrogens is 1. The van der Waals surface area contributed by atoms with Gasteiger partial charge < -0.3 is 15.4 Å². The minimum atomic E-state index is -1.34. The maximum atomic E-state index is 15.3. The van der Waals surface area contributed by atoms with E-state index in [-0.39, 0.29) is 5.69 Å². The Labute approximate surface area is 167 Å². The number of alkyl halides is 1. The molecule has 3 heterocycles.